The number of aryl methyl sites for hydroxylation is 2. The number of benzene rings is 1. The highest BCUT2D eigenvalue weighted by Gasteiger charge is 2.08. The van der Waals surface area contributed by atoms with Crippen LogP contribution in [0, 0.1) is 19.7 Å². The Morgan fingerprint density at radius 1 is 1.30 bits per heavy atom. The minimum Gasteiger partial charge on any atom is -0.484 e. The zero-order valence-electron chi connectivity index (χ0n) is 12.8. The van der Waals surface area contributed by atoms with Gasteiger partial charge in [0, 0.05) is 18.0 Å². The first kappa shape index (κ1) is 15.0. The lowest BCUT2D eigenvalue weighted by molar-refractivity contribution is -0.118. The summed E-state index contributed by atoms with van der Waals surface area (Å²) in [5, 5.41) is 2.75. The van der Waals surface area contributed by atoms with Gasteiger partial charge in [0.05, 0.1) is 11.4 Å². The van der Waals surface area contributed by atoms with Crippen molar-refractivity contribution in [2.75, 3.05) is 11.9 Å². The summed E-state index contributed by atoms with van der Waals surface area (Å²) in [6, 6.07) is 9.29. The van der Waals surface area contributed by atoms with Crippen LogP contribution in [0.15, 0.2) is 42.6 Å². The van der Waals surface area contributed by atoms with Gasteiger partial charge in [0.1, 0.15) is 17.2 Å². The molecule has 0 saturated carbocycles. The number of amides is 1. The number of imidazole rings is 1. The second-order valence-corrected chi connectivity index (χ2v) is 5.22. The SMILES string of the molecule is Cc1nc2ccc(NC(=O)COc3cccc(F)c3)cn2c1C. The highest BCUT2D eigenvalue weighted by Crippen LogP contribution is 2.16. The van der Waals surface area contributed by atoms with Crippen molar-refractivity contribution < 1.29 is 13.9 Å². The predicted molar refractivity (Wildman–Crippen MR) is 85.2 cm³/mol. The van der Waals surface area contributed by atoms with Gasteiger partial charge in [-0.3, -0.25) is 4.79 Å². The number of fused-ring (bicyclic) bond motifs is 1. The number of nitrogens with one attached hydrogen (secondary N) is 1. The molecule has 0 fully saturated rings. The van der Waals surface area contributed by atoms with E-state index in [1.165, 1.54) is 18.2 Å². The average Bonchev–Trinajstić information content (AvgIpc) is 2.80. The molecule has 2 heterocycles. The molecule has 3 rings (SSSR count). The molecular formula is C17H16FN3O2. The number of pyridine rings is 1. The van der Waals surface area contributed by atoms with Gasteiger partial charge in [-0.2, -0.15) is 0 Å². The monoisotopic (exact) mass is 313 g/mol. The van der Waals surface area contributed by atoms with Crippen LogP contribution in [0.2, 0.25) is 0 Å². The van der Waals surface area contributed by atoms with Gasteiger partial charge in [-0.25, -0.2) is 9.37 Å². The second kappa shape index (κ2) is 6.08. The van der Waals surface area contributed by atoms with Gasteiger partial charge in [-0.05, 0) is 38.1 Å². The topological polar surface area (TPSA) is 55.6 Å². The first-order valence-electron chi connectivity index (χ1n) is 7.16. The van der Waals surface area contributed by atoms with Gasteiger partial charge in [0.2, 0.25) is 0 Å². The zero-order chi connectivity index (χ0) is 16.4. The summed E-state index contributed by atoms with van der Waals surface area (Å²) in [6.45, 7) is 3.71. The number of hydrogen-bond donors (Lipinski definition) is 1. The zero-order valence-corrected chi connectivity index (χ0v) is 12.8. The van der Waals surface area contributed by atoms with Crippen LogP contribution < -0.4 is 10.1 Å². The molecule has 1 amide bonds. The molecule has 118 valence electrons. The molecule has 1 aromatic carbocycles. The van der Waals surface area contributed by atoms with Gasteiger partial charge in [0.25, 0.3) is 5.91 Å². The Kier molecular flexibility index (Phi) is 3.97. The lowest BCUT2D eigenvalue weighted by Crippen LogP contribution is -2.20. The Bertz CT molecular complexity index is 873. The van der Waals surface area contributed by atoms with Gasteiger partial charge in [-0.1, -0.05) is 6.07 Å². The highest BCUT2D eigenvalue weighted by atomic mass is 19.1. The van der Waals surface area contributed by atoms with Gasteiger partial charge < -0.3 is 14.5 Å². The largest absolute Gasteiger partial charge is 0.484 e. The van der Waals surface area contributed by atoms with Crippen molar-refractivity contribution in [3.63, 3.8) is 0 Å². The number of carbonyl (C=O) groups is 1. The molecule has 23 heavy (non-hydrogen) atoms. The Hall–Kier alpha value is -2.89. The Balaban J connectivity index is 1.66. The number of halogens is 1. The number of anilines is 1. The van der Waals surface area contributed by atoms with E-state index in [1.807, 2.05) is 30.5 Å². The quantitative estimate of drug-likeness (QED) is 0.805. The Morgan fingerprint density at radius 3 is 2.91 bits per heavy atom. The summed E-state index contributed by atoms with van der Waals surface area (Å²) in [5.74, 6) is -0.404. The first-order valence-corrected chi connectivity index (χ1v) is 7.16. The average molecular weight is 313 g/mol. The van der Waals surface area contributed by atoms with E-state index in [1.54, 1.807) is 12.1 Å². The number of carbonyl (C=O) groups excluding carboxylic acids is 1. The molecule has 0 radical (unpaired) electrons. The third-order valence-electron chi connectivity index (χ3n) is 3.54. The molecule has 0 aliphatic rings. The fourth-order valence-electron chi connectivity index (χ4n) is 2.26. The molecule has 0 aliphatic carbocycles. The Labute approximate surface area is 132 Å². The van der Waals surface area contributed by atoms with E-state index in [9.17, 15) is 9.18 Å². The number of aromatic nitrogens is 2. The Morgan fingerprint density at radius 2 is 2.13 bits per heavy atom. The van der Waals surface area contributed by atoms with Crippen molar-refractivity contribution in [3.05, 3.63) is 59.8 Å². The van der Waals surface area contributed by atoms with Gasteiger partial charge in [-0.15, -0.1) is 0 Å². The molecule has 2 aromatic heterocycles. The van der Waals surface area contributed by atoms with E-state index in [0.29, 0.717) is 11.4 Å². The van der Waals surface area contributed by atoms with Crippen molar-refractivity contribution in [1.82, 2.24) is 9.38 Å². The maximum atomic E-state index is 13.0. The van der Waals surface area contributed by atoms with Crippen molar-refractivity contribution >= 4 is 17.2 Å². The van der Waals surface area contributed by atoms with Crippen LogP contribution in [0.4, 0.5) is 10.1 Å². The minimum atomic E-state index is -0.403. The van der Waals surface area contributed by atoms with Crippen molar-refractivity contribution in [1.29, 1.82) is 0 Å². The van der Waals surface area contributed by atoms with Crippen LogP contribution in [0.1, 0.15) is 11.4 Å². The summed E-state index contributed by atoms with van der Waals surface area (Å²) in [5.41, 5.74) is 3.44. The highest BCUT2D eigenvalue weighted by molar-refractivity contribution is 5.91. The molecule has 0 unspecified atom stereocenters. The summed E-state index contributed by atoms with van der Waals surface area (Å²) in [4.78, 5) is 16.3. The van der Waals surface area contributed by atoms with Crippen LogP contribution in [0.5, 0.6) is 5.75 Å². The molecule has 0 aliphatic heterocycles. The summed E-state index contributed by atoms with van der Waals surface area (Å²) in [7, 11) is 0. The number of hydrogen-bond acceptors (Lipinski definition) is 3. The van der Waals surface area contributed by atoms with Crippen molar-refractivity contribution in [2.45, 2.75) is 13.8 Å². The van der Waals surface area contributed by atoms with Crippen LogP contribution >= 0.6 is 0 Å². The van der Waals surface area contributed by atoms with E-state index in [4.69, 9.17) is 4.74 Å². The number of ether oxygens (including phenoxy) is 1. The molecular weight excluding hydrogens is 297 g/mol. The van der Waals surface area contributed by atoms with E-state index in [2.05, 4.69) is 10.3 Å². The molecule has 0 spiro atoms. The molecule has 5 nitrogen and oxygen atoms in total. The van der Waals surface area contributed by atoms with Crippen molar-refractivity contribution in [3.8, 4) is 5.75 Å². The third-order valence-corrected chi connectivity index (χ3v) is 3.54. The molecule has 0 saturated heterocycles. The van der Waals surface area contributed by atoms with E-state index >= 15 is 0 Å². The number of rotatable bonds is 4. The maximum Gasteiger partial charge on any atom is 0.262 e. The lowest BCUT2D eigenvalue weighted by Gasteiger charge is -2.08. The van der Waals surface area contributed by atoms with Crippen LogP contribution in [0.3, 0.4) is 0 Å². The fraction of sp³-hybridized carbons (Fsp3) is 0.176. The van der Waals surface area contributed by atoms with Gasteiger partial charge in [0.15, 0.2) is 6.61 Å². The molecule has 0 bridgehead atoms. The standard InChI is InChI=1S/C17H16FN3O2/c1-11-12(2)21-9-14(6-7-16(21)19-11)20-17(22)10-23-15-5-3-4-13(18)8-15/h3-9H,10H2,1-2H3,(H,20,22). The second-order valence-electron chi connectivity index (χ2n) is 5.22. The van der Waals surface area contributed by atoms with Crippen molar-refractivity contribution in [2.24, 2.45) is 0 Å². The molecule has 0 atom stereocenters. The lowest BCUT2D eigenvalue weighted by atomic mass is 10.3. The number of nitrogens with zero attached hydrogens (tertiary/aromatic N) is 2. The fourth-order valence-corrected chi connectivity index (χ4v) is 2.26. The maximum absolute atomic E-state index is 13.0. The van der Waals surface area contributed by atoms with E-state index in [0.717, 1.165) is 17.0 Å². The third kappa shape index (κ3) is 3.31. The molecule has 6 heteroatoms. The summed E-state index contributed by atoms with van der Waals surface area (Å²) >= 11 is 0. The predicted octanol–water partition coefficient (Wildman–Crippen LogP) is 3.11. The van der Waals surface area contributed by atoms with E-state index < -0.39 is 5.82 Å². The molecule has 1 N–H and O–H groups in total. The first-order chi connectivity index (χ1) is 11.0. The summed E-state index contributed by atoms with van der Waals surface area (Å²) in [6.07, 6.45) is 1.81. The smallest absolute Gasteiger partial charge is 0.262 e. The van der Waals surface area contributed by atoms with Gasteiger partial charge >= 0.3 is 0 Å². The van der Waals surface area contributed by atoms with Crippen LogP contribution in [0.25, 0.3) is 5.65 Å². The van der Waals surface area contributed by atoms with Crippen LogP contribution in [-0.2, 0) is 4.79 Å². The normalized spacial score (nSPS) is 10.7. The van der Waals surface area contributed by atoms with Crippen LogP contribution in [-0.4, -0.2) is 21.9 Å². The minimum absolute atomic E-state index is 0.191. The molecule has 3 aromatic rings. The van der Waals surface area contributed by atoms with E-state index in [-0.39, 0.29) is 12.5 Å². The summed E-state index contributed by atoms with van der Waals surface area (Å²) < 4.78 is 20.2.